The van der Waals surface area contributed by atoms with E-state index in [1.54, 1.807) is 34.8 Å². The zero-order chi connectivity index (χ0) is 22.0. The summed E-state index contributed by atoms with van der Waals surface area (Å²) < 4.78 is 12.4. The number of ether oxygens (including phenoxy) is 2. The van der Waals surface area contributed by atoms with Crippen molar-refractivity contribution in [2.45, 2.75) is 27.3 Å². The second kappa shape index (κ2) is 8.61. The fourth-order valence-electron chi connectivity index (χ4n) is 3.65. The van der Waals surface area contributed by atoms with Crippen molar-refractivity contribution in [2.75, 3.05) is 26.2 Å². The van der Waals surface area contributed by atoms with Crippen LogP contribution in [0.2, 0.25) is 0 Å². The maximum Gasteiger partial charge on any atom is 0.260 e. The molecular formula is C24H28N2O4. The van der Waals surface area contributed by atoms with Crippen LogP contribution in [0.15, 0.2) is 47.4 Å². The first-order valence-corrected chi connectivity index (χ1v) is 9.91. The number of pyridine rings is 1. The number of anilines is 1. The maximum atomic E-state index is 13.6. The fourth-order valence-corrected chi connectivity index (χ4v) is 3.65. The summed E-state index contributed by atoms with van der Waals surface area (Å²) in [6.07, 6.45) is 1.66. The lowest BCUT2D eigenvalue weighted by Gasteiger charge is -2.22. The van der Waals surface area contributed by atoms with E-state index in [1.165, 1.54) is 14.2 Å². The molecule has 3 rings (SSSR count). The summed E-state index contributed by atoms with van der Waals surface area (Å²) in [7, 11) is 4.80. The Labute approximate surface area is 176 Å². The molecule has 0 saturated carbocycles. The van der Waals surface area contributed by atoms with Crippen LogP contribution in [0.25, 0.3) is 10.8 Å². The summed E-state index contributed by atoms with van der Waals surface area (Å²) in [5, 5.41) is 0.973. The predicted octanol–water partition coefficient (Wildman–Crippen LogP) is 4.26. The lowest BCUT2D eigenvalue weighted by Crippen LogP contribution is -2.30. The van der Waals surface area contributed by atoms with Crippen molar-refractivity contribution in [1.82, 2.24) is 4.57 Å². The van der Waals surface area contributed by atoms with E-state index >= 15 is 0 Å². The molecule has 0 aliphatic rings. The predicted molar refractivity (Wildman–Crippen MR) is 120 cm³/mol. The number of rotatable bonds is 6. The zero-order valence-corrected chi connectivity index (χ0v) is 18.4. The fraction of sp³-hybridized carbons (Fsp3) is 0.333. The van der Waals surface area contributed by atoms with Crippen molar-refractivity contribution in [3.63, 3.8) is 0 Å². The third-order valence-electron chi connectivity index (χ3n) is 5.16. The summed E-state index contributed by atoms with van der Waals surface area (Å²) in [5.74, 6) is 0.977. The number of nitrogens with zero attached hydrogens (tertiary/aromatic N) is 2. The van der Waals surface area contributed by atoms with E-state index < -0.39 is 0 Å². The first kappa shape index (κ1) is 21.4. The highest BCUT2D eigenvalue weighted by Crippen LogP contribution is 2.33. The van der Waals surface area contributed by atoms with Gasteiger partial charge in [-0.3, -0.25) is 9.59 Å². The van der Waals surface area contributed by atoms with Crippen LogP contribution in [0, 0.1) is 12.8 Å². The lowest BCUT2D eigenvalue weighted by molar-refractivity contribution is 0.0993. The van der Waals surface area contributed by atoms with E-state index in [0.29, 0.717) is 34.4 Å². The van der Waals surface area contributed by atoms with Crippen molar-refractivity contribution in [3.8, 4) is 11.5 Å². The van der Waals surface area contributed by atoms with Crippen LogP contribution in [0.4, 0.5) is 5.69 Å². The maximum absolute atomic E-state index is 13.6. The smallest absolute Gasteiger partial charge is 0.260 e. The van der Waals surface area contributed by atoms with E-state index in [1.807, 2.05) is 45.0 Å². The molecule has 158 valence electrons. The number of carbonyl (C=O) groups excluding carboxylic acids is 1. The molecule has 1 heterocycles. The number of hydrogen-bond acceptors (Lipinski definition) is 4. The molecule has 0 saturated heterocycles. The Morgan fingerprint density at radius 3 is 2.23 bits per heavy atom. The molecule has 1 amide bonds. The van der Waals surface area contributed by atoms with Gasteiger partial charge in [0, 0.05) is 30.9 Å². The SMILES string of the molecule is COc1cc2c(C(=O)N(C)c3ccccc3C)cn(CC(C)C)c(=O)c2cc1OC. The van der Waals surface area contributed by atoms with Crippen LogP contribution in [0.1, 0.15) is 29.8 Å². The van der Waals surface area contributed by atoms with Gasteiger partial charge in [-0.15, -0.1) is 0 Å². The second-order valence-corrected chi connectivity index (χ2v) is 7.80. The number of para-hydroxylation sites is 1. The van der Waals surface area contributed by atoms with Crippen LogP contribution in [-0.4, -0.2) is 31.7 Å². The molecule has 1 aromatic heterocycles. The zero-order valence-electron chi connectivity index (χ0n) is 18.4. The number of benzene rings is 2. The Morgan fingerprint density at radius 2 is 1.67 bits per heavy atom. The molecular weight excluding hydrogens is 380 g/mol. The van der Waals surface area contributed by atoms with Gasteiger partial charge in [0.15, 0.2) is 11.5 Å². The first-order valence-electron chi connectivity index (χ1n) is 9.91. The summed E-state index contributed by atoms with van der Waals surface area (Å²) in [4.78, 5) is 28.3. The number of hydrogen-bond donors (Lipinski definition) is 0. The Bertz CT molecular complexity index is 1150. The number of fused-ring (bicyclic) bond motifs is 1. The lowest BCUT2D eigenvalue weighted by atomic mass is 10.0. The average Bonchev–Trinajstić information content (AvgIpc) is 2.73. The second-order valence-electron chi connectivity index (χ2n) is 7.80. The highest BCUT2D eigenvalue weighted by Gasteiger charge is 2.22. The van der Waals surface area contributed by atoms with Crippen molar-refractivity contribution < 1.29 is 14.3 Å². The number of aromatic nitrogens is 1. The van der Waals surface area contributed by atoms with Crippen LogP contribution < -0.4 is 19.9 Å². The molecule has 0 N–H and O–H groups in total. The van der Waals surface area contributed by atoms with E-state index in [4.69, 9.17) is 9.47 Å². The first-order chi connectivity index (χ1) is 14.3. The number of carbonyl (C=O) groups is 1. The third kappa shape index (κ3) is 3.90. The highest BCUT2D eigenvalue weighted by atomic mass is 16.5. The highest BCUT2D eigenvalue weighted by molar-refractivity contribution is 6.14. The molecule has 0 fully saturated rings. The van der Waals surface area contributed by atoms with E-state index in [-0.39, 0.29) is 17.4 Å². The molecule has 0 spiro atoms. The normalized spacial score (nSPS) is 11.0. The molecule has 6 nitrogen and oxygen atoms in total. The Morgan fingerprint density at radius 1 is 1.07 bits per heavy atom. The summed E-state index contributed by atoms with van der Waals surface area (Å²) in [6.45, 7) is 6.54. The molecule has 30 heavy (non-hydrogen) atoms. The number of methoxy groups -OCH3 is 2. The summed E-state index contributed by atoms with van der Waals surface area (Å²) >= 11 is 0. The van der Waals surface area contributed by atoms with Crippen molar-refractivity contribution in [1.29, 1.82) is 0 Å². The molecule has 3 aromatic rings. The average molecular weight is 408 g/mol. The minimum absolute atomic E-state index is 0.158. The number of aryl methyl sites for hydroxylation is 1. The van der Waals surface area contributed by atoms with Gasteiger partial charge in [-0.1, -0.05) is 32.0 Å². The van der Waals surface area contributed by atoms with Crippen molar-refractivity contribution >= 4 is 22.4 Å². The molecule has 0 aliphatic heterocycles. The van der Waals surface area contributed by atoms with Gasteiger partial charge in [-0.25, -0.2) is 0 Å². The van der Waals surface area contributed by atoms with Crippen LogP contribution >= 0.6 is 0 Å². The monoisotopic (exact) mass is 408 g/mol. The Kier molecular flexibility index (Phi) is 6.15. The summed E-state index contributed by atoms with van der Waals surface area (Å²) in [5.41, 5.74) is 2.09. The quantitative estimate of drug-likeness (QED) is 0.611. The van der Waals surface area contributed by atoms with Gasteiger partial charge in [0.05, 0.1) is 25.2 Å². The molecule has 0 radical (unpaired) electrons. The Balaban J connectivity index is 2.28. The molecule has 0 aliphatic carbocycles. The van der Waals surface area contributed by atoms with Gasteiger partial charge in [0.1, 0.15) is 0 Å². The van der Waals surface area contributed by atoms with Crippen LogP contribution in [0.3, 0.4) is 0 Å². The van der Waals surface area contributed by atoms with Gasteiger partial charge in [0.2, 0.25) is 0 Å². The van der Waals surface area contributed by atoms with Crippen molar-refractivity contribution in [2.24, 2.45) is 5.92 Å². The van der Waals surface area contributed by atoms with Gasteiger partial charge in [0.25, 0.3) is 11.5 Å². The van der Waals surface area contributed by atoms with Crippen LogP contribution in [-0.2, 0) is 6.54 Å². The molecule has 2 aromatic carbocycles. The van der Waals surface area contributed by atoms with E-state index in [0.717, 1.165) is 11.3 Å². The summed E-state index contributed by atoms with van der Waals surface area (Å²) in [6, 6.07) is 11.1. The standard InChI is InChI=1S/C24H28N2O4/c1-15(2)13-26-14-19(23(27)25(4)20-10-8-7-9-16(20)3)17-11-21(29-5)22(30-6)12-18(17)24(26)28/h7-12,14-15H,13H2,1-6H3. The van der Waals surface area contributed by atoms with Gasteiger partial charge in [-0.05, 0) is 36.6 Å². The largest absolute Gasteiger partial charge is 0.493 e. The molecule has 6 heteroatoms. The number of amides is 1. The van der Waals surface area contributed by atoms with Gasteiger partial charge in [-0.2, -0.15) is 0 Å². The molecule has 0 bridgehead atoms. The molecule has 0 unspecified atom stereocenters. The van der Waals surface area contributed by atoms with Gasteiger partial charge < -0.3 is 18.9 Å². The minimum atomic E-state index is -0.195. The van der Waals surface area contributed by atoms with E-state index in [9.17, 15) is 9.59 Å². The van der Waals surface area contributed by atoms with Crippen LogP contribution in [0.5, 0.6) is 11.5 Å². The topological polar surface area (TPSA) is 60.8 Å². The third-order valence-corrected chi connectivity index (χ3v) is 5.16. The van der Waals surface area contributed by atoms with Crippen molar-refractivity contribution in [3.05, 3.63) is 64.1 Å². The van der Waals surface area contributed by atoms with E-state index in [2.05, 4.69) is 0 Å². The minimum Gasteiger partial charge on any atom is -0.493 e. The molecule has 0 atom stereocenters. The Hall–Kier alpha value is -3.28. The van der Waals surface area contributed by atoms with Gasteiger partial charge >= 0.3 is 0 Å².